The van der Waals surface area contributed by atoms with Gasteiger partial charge in [-0.2, -0.15) is 0 Å². The van der Waals surface area contributed by atoms with Gasteiger partial charge in [-0.05, 0) is 50.4 Å². The molecule has 6 heteroatoms. The van der Waals surface area contributed by atoms with Crippen molar-refractivity contribution < 1.29 is 13.2 Å². The van der Waals surface area contributed by atoms with Crippen molar-refractivity contribution in [2.45, 2.75) is 50.3 Å². The van der Waals surface area contributed by atoms with Gasteiger partial charge in [0.1, 0.15) is 0 Å². The summed E-state index contributed by atoms with van der Waals surface area (Å²) < 4.78 is 26.0. The molecule has 0 saturated heterocycles. The van der Waals surface area contributed by atoms with E-state index >= 15 is 0 Å². The number of aryl methyl sites for hydroxylation is 1. The second-order valence-electron chi connectivity index (χ2n) is 6.23. The third-order valence-corrected chi connectivity index (χ3v) is 5.99. The van der Waals surface area contributed by atoms with Crippen LogP contribution in [-0.4, -0.2) is 27.9 Å². The molecule has 1 aromatic carbocycles. The Morgan fingerprint density at radius 1 is 1.26 bits per heavy atom. The number of sulfonamides is 1. The second kappa shape index (κ2) is 7.93. The Morgan fingerprint density at radius 2 is 1.96 bits per heavy atom. The van der Waals surface area contributed by atoms with Crippen LogP contribution in [0, 0.1) is 12.8 Å². The quantitative estimate of drug-likeness (QED) is 0.750. The molecular formula is C17H26N2O3S. The zero-order chi connectivity index (χ0) is 16.9. The summed E-state index contributed by atoms with van der Waals surface area (Å²) in [5.41, 5.74) is 1.19. The predicted molar refractivity (Wildman–Crippen MR) is 90.9 cm³/mol. The van der Waals surface area contributed by atoms with Gasteiger partial charge in [-0.15, -0.1) is 0 Å². The van der Waals surface area contributed by atoms with Crippen LogP contribution in [0.1, 0.15) is 54.4 Å². The number of hydrogen-bond donors (Lipinski definition) is 2. The van der Waals surface area contributed by atoms with Crippen molar-refractivity contribution in [3.05, 3.63) is 29.3 Å². The molecule has 1 aliphatic rings. The van der Waals surface area contributed by atoms with E-state index in [1.54, 1.807) is 6.07 Å². The summed E-state index contributed by atoms with van der Waals surface area (Å²) >= 11 is 0. The van der Waals surface area contributed by atoms with Crippen molar-refractivity contribution in [1.29, 1.82) is 0 Å². The van der Waals surface area contributed by atoms with Crippen LogP contribution < -0.4 is 10.0 Å². The number of carbonyl (C=O) groups is 1. The molecule has 0 bridgehead atoms. The fourth-order valence-electron chi connectivity index (χ4n) is 3.12. The van der Waals surface area contributed by atoms with Gasteiger partial charge in [0.15, 0.2) is 0 Å². The smallest absolute Gasteiger partial charge is 0.251 e. The lowest BCUT2D eigenvalue weighted by atomic mass is 10.0. The third kappa shape index (κ3) is 4.78. The maximum absolute atomic E-state index is 12.3. The SMILES string of the molecule is CNS(=O)(=O)c1ccc(C)c(C(=O)NCCCC2CCCC2)c1. The average molecular weight is 338 g/mol. The van der Waals surface area contributed by atoms with Crippen molar-refractivity contribution in [1.82, 2.24) is 10.0 Å². The van der Waals surface area contributed by atoms with E-state index in [1.165, 1.54) is 44.9 Å². The lowest BCUT2D eigenvalue weighted by Crippen LogP contribution is -2.26. The molecule has 0 atom stereocenters. The van der Waals surface area contributed by atoms with Crippen LogP contribution in [0.5, 0.6) is 0 Å². The number of rotatable bonds is 7. The van der Waals surface area contributed by atoms with E-state index in [4.69, 9.17) is 0 Å². The maximum Gasteiger partial charge on any atom is 0.251 e. The summed E-state index contributed by atoms with van der Waals surface area (Å²) in [4.78, 5) is 12.4. The first-order valence-electron chi connectivity index (χ1n) is 8.26. The molecule has 128 valence electrons. The van der Waals surface area contributed by atoms with Gasteiger partial charge >= 0.3 is 0 Å². The minimum atomic E-state index is -3.54. The van der Waals surface area contributed by atoms with Gasteiger partial charge < -0.3 is 5.32 Å². The molecule has 0 aromatic heterocycles. The molecule has 2 N–H and O–H groups in total. The molecule has 0 aliphatic heterocycles. The average Bonchev–Trinajstić information content (AvgIpc) is 3.05. The molecule has 0 spiro atoms. The zero-order valence-electron chi connectivity index (χ0n) is 13.9. The number of carbonyl (C=O) groups excluding carboxylic acids is 1. The summed E-state index contributed by atoms with van der Waals surface area (Å²) in [5.74, 6) is 0.611. The minimum Gasteiger partial charge on any atom is -0.352 e. The number of hydrogen-bond acceptors (Lipinski definition) is 3. The van der Waals surface area contributed by atoms with Gasteiger partial charge in [-0.3, -0.25) is 4.79 Å². The fourth-order valence-corrected chi connectivity index (χ4v) is 3.87. The van der Waals surface area contributed by atoms with Crippen molar-refractivity contribution in [2.75, 3.05) is 13.6 Å². The molecule has 23 heavy (non-hydrogen) atoms. The Morgan fingerprint density at radius 3 is 2.61 bits per heavy atom. The number of amides is 1. The molecule has 0 heterocycles. The fraction of sp³-hybridized carbons (Fsp3) is 0.588. The van der Waals surface area contributed by atoms with E-state index in [0.717, 1.165) is 24.3 Å². The van der Waals surface area contributed by atoms with Crippen LogP contribution >= 0.6 is 0 Å². The molecule has 0 unspecified atom stereocenters. The van der Waals surface area contributed by atoms with Crippen molar-refractivity contribution in [3.63, 3.8) is 0 Å². The number of benzene rings is 1. The van der Waals surface area contributed by atoms with Crippen LogP contribution in [0.2, 0.25) is 0 Å². The lowest BCUT2D eigenvalue weighted by Gasteiger charge is -2.11. The molecule has 5 nitrogen and oxygen atoms in total. The van der Waals surface area contributed by atoms with Gasteiger partial charge in [-0.1, -0.05) is 31.7 Å². The van der Waals surface area contributed by atoms with Crippen LogP contribution in [0.4, 0.5) is 0 Å². The van der Waals surface area contributed by atoms with Crippen LogP contribution in [-0.2, 0) is 10.0 Å². The normalized spacial score (nSPS) is 15.7. The standard InChI is InChI=1S/C17H26N2O3S/c1-13-9-10-15(23(21,22)18-2)12-16(13)17(20)19-11-5-8-14-6-3-4-7-14/h9-10,12,14,18H,3-8,11H2,1-2H3,(H,19,20). The first-order chi connectivity index (χ1) is 10.9. The monoisotopic (exact) mass is 338 g/mol. The molecular weight excluding hydrogens is 312 g/mol. The minimum absolute atomic E-state index is 0.113. The second-order valence-corrected chi connectivity index (χ2v) is 8.12. The summed E-state index contributed by atoms with van der Waals surface area (Å²) in [7, 11) is -2.18. The lowest BCUT2D eigenvalue weighted by molar-refractivity contribution is 0.0951. The molecule has 1 saturated carbocycles. The highest BCUT2D eigenvalue weighted by Crippen LogP contribution is 2.28. The summed E-state index contributed by atoms with van der Waals surface area (Å²) in [6, 6.07) is 4.61. The van der Waals surface area contributed by atoms with Gasteiger partial charge in [0.25, 0.3) is 5.91 Å². The first-order valence-corrected chi connectivity index (χ1v) is 9.75. The first kappa shape index (κ1) is 17.9. The van der Waals surface area contributed by atoms with Crippen LogP contribution in [0.3, 0.4) is 0 Å². The van der Waals surface area contributed by atoms with E-state index in [2.05, 4.69) is 10.0 Å². The maximum atomic E-state index is 12.3. The van der Waals surface area contributed by atoms with Crippen molar-refractivity contribution >= 4 is 15.9 Å². The van der Waals surface area contributed by atoms with E-state index in [0.29, 0.717) is 12.1 Å². The predicted octanol–water partition coefficient (Wildman–Crippen LogP) is 2.60. The summed E-state index contributed by atoms with van der Waals surface area (Å²) in [6.07, 6.45) is 7.44. The van der Waals surface area contributed by atoms with Gasteiger partial charge in [0, 0.05) is 12.1 Å². The molecule has 1 aliphatic carbocycles. The van der Waals surface area contributed by atoms with E-state index in [9.17, 15) is 13.2 Å². The highest BCUT2D eigenvalue weighted by atomic mass is 32.2. The Kier molecular flexibility index (Phi) is 6.18. The highest BCUT2D eigenvalue weighted by Gasteiger charge is 2.17. The largest absolute Gasteiger partial charge is 0.352 e. The van der Waals surface area contributed by atoms with Gasteiger partial charge in [0.2, 0.25) is 10.0 Å². The molecule has 2 rings (SSSR count). The van der Waals surface area contributed by atoms with E-state index in [1.807, 2.05) is 6.92 Å². The van der Waals surface area contributed by atoms with Crippen LogP contribution in [0.15, 0.2) is 23.1 Å². The molecule has 0 radical (unpaired) electrons. The Labute approximate surface area is 138 Å². The molecule has 1 fully saturated rings. The Hall–Kier alpha value is -1.40. The van der Waals surface area contributed by atoms with Crippen molar-refractivity contribution in [2.24, 2.45) is 5.92 Å². The van der Waals surface area contributed by atoms with Crippen LogP contribution in [0.25, 0.3) is 0 Å². The Balaban J connectivity index is 1.94. The topological polar surface area (TPSA) is 75.3 Å². The third-order valence-electron chi connectivity index (χ3n) is 4.58. The van der Waals surface area contributed by atoms with E-state index < -0.39 is 10.0 Å². The van der Waals surface area contributed by atoms with Gasteiger partial charge in [0.05, 0.1) is 4.90 Å². The molecule has 1 amide bonds. The van der Waals surface area contributed by atoms with E-state index in [-0.39, 0.29) is 10.8 Å². The molecule has 1 aromatic rings. The number of nitrogens with one attached hydrogen (secondary N) is 2. The summed E-state index contributed by atoms with van der Waals surface area (Å²) in [5, 5.41) is 2.91. The van der Waals surface area contributed by atoms with Crippen molar-refractivity contribution in [3.8, 4) is 0 Å². The highest BCUT2D eigenvalue weighted by molar-refractivity contribution is 7.89. The zero-order valence-corrected chi connectivity index (χ0v) is 14.7. The summed E-state index contributed by atoms with van der Waals surface area (Å²) in [6.45, 7) is 2.45. The van der Waals surface area contributed by atoms with Gasteiger partial charge in [-0.25, -0.2) is 13.1 Å². The Bertz CT molecular complexity index is 650.